The molecule has 11 heteroatoms. The molecule has 2 heterocycles. The maximum absolute atomic E-state index is 12.7. The number of hydrogen-bond acceptors (Lipinski definition) is 5. The van der Waals surface area contributed by atoms with Gasteiger partial charge in [0.05, 0.1) is 35.5 Å². The number of aliphatic carboxylic acids is 1. The first-order valence-corrected chi connectivity index (χ1v) is 10.3. The third-order valence-corrected chi connectivity index (χ3v) is 5.59. The summed E-state index contributed by atoms with van der Waals surface area (Å²) in [6.07, 6.45) is -0.0562. The van der Waals surface area contributed by atoms with Gasteiger partial charge in [-0.2, -0.15) is 13.2 Å². The van der Waals surface area contributed by atoms with E-state index in [9.17, 15) is 27.9 Å². The second kappa shape index (κ2) is 9.00. The lowest BCUT2D eigenvalue weighted by atomic mass is 10.0. The third kappa shape index (κ3) is 5.18. The van der Waals surface area contributed by atoms with Crippen molar-refractivity contribution in [2.75, 3.05) is 0 Å². The maximum Gasteiger partial charge on any atom is 0.417 e. The van der Waals surface area contributed by atoms with Crippen LogP contribution in [0.15, 0.2) is 48.8 Å². The highest BCUT2D eigenvalue weighted by Crippen LogP contribution is 2.29. The Bertz CT molecular complexity index is 1140. The SMILES string of the molecule is O=C(Cc1ccc(-n2cc(-c3ccc(C(F)(F)F)cn3)nn2)cc1)N[C@@H]1CCC[C@H]1C(=O)O. The largest absolute Gasteiger partial charge is 0.481 e. The Balaban J connectivity index is 1.39. The van der Waals surface area contributed by atoms with Crippen LogP contribution < -0.4 is 5.32 Å². The number of carboxylic acids is 1. The lowest BCUT2D eigenvalue weighted by Crippen LogP contribution is -2.40. The molecule has 2 N–H and O–H groups in total. The summed E-state index contributed by atoms with van der Waals surface area (Å²) >= 11 is 0. The van der Waals surface area contributed by atoms with E-state index in [4.69, 9.17) is 0 Å². The molecule has 8 nitrogen and oxygen atoms in total. The van der Waals surface area contributed by atoms with Gasteiger partial charge in [0.2, 0.25) is 5.91 Å². The molecule has 172 valence electrons. The van der Waals surface area contributed by atoms with E-state index in [1.165, 1.54) is 10.7 Å². The highest BCUT2D eigenvalue weighted by atomic mass is 19.4. The number of aromatic nitrogens is 4. The van der Waals surface area contributed by atoms with Crippen molar-refractivity contribution in [3.63, 3.8) is 0 Å². The monoisotopic (exact) mass is 459 g/mol. The minimum absolute atomic E-state index is 0.112. The first kappa shape index (κ1) is 22.4. The first-order chi connectivity index (χ1) is 15.7. The molecule has 33 heavy (non-hydrogen) atoms. The van der Waals surface area contributed by atoms with E-state index in [-0.39, 0.29) is 24.1 Å². The van der Waals surface area contributed by atoms with Crippen LogP contribution in [-0.4, -0.2) is 43.0 Å². The number of nitrogens with one attached hydrogen (secondary N) is 1. The van der Waals surface area contributed by atoms with Gasteiger partial charge in [-0.25, -0.2) is 4.68 Å². The summed E-state index contributed by atoms with van der Waals surface area (Å²) < 4.78 is 39.5. The van der Waals surface area contributed by atoms with E-state index in [2.05, 4.69) is 20.6 Å². The van der Waals surface area contributed by atoms with Crippen LogP contribution in [0.5, 0.6) is 0 Å². The normalized spacial score (nSPS) is 18.3. The Morgan fingerprint density at radius 3 is 2.48 bits per heavy atom. The number of alkyl halides is 3. The molecule has 0 spiro atoms. The number of hydrogen-bond donors (Lipinski definition) is 2. The summed E-state index contributed by atoms with van der Waals surface area (Å²) in [5, 5.41) is 20.0. The van der Waals surface area contributed by atoms with Crippen molar-refractivity contribution in [3.05, 3.63) is 59.9 Å². The fourth-order valence-corrected chi connectivity index (χ4v) is 3.86. The number of rotatable bonds is 6. The number of pyridine rings is 1. The molecule has 2 aromatic heterocycles. The second-order valence-corrected chi connectivity index (χ2v) is 7.87. The molecule has 1 fully saturated rings. The molecule has 1 aromatic carbocycles. The summed E-state index contributed by atoms with van der Waals surface area (Å²) in [4.78, 5) is 27.4. The van der Waals surface area contributed by atoms with Gasteiger partial charge in [-0.15, -0.1) is 5.10 Å². The van der Waals surface area contributed by atoms with Crippen LogP contribution in [0.4, 0.5) is 13.2 Å². The van der Waals surface area contributed by atoms with Crippen LogP contribution in [0.3, 0.4) is 0 Å². The molecule has 1 saturated carbocycles. The van der Waals surface area contributed by atoms with Crippen molar-refractivity contribution in [3.8, 4) is 17.1 Å². The number of halogens is 3. The van der Waals surface area contributed by atoms with Crippen LogP contribution in [0.1, 0.15) is 30.4 Å². The van der Waals surface area contributed by atoms with Gasteiger partial charge in [-0.1, -0.05) is 23.8 Å². The Labute approximate surface area is 186 Å². The molecule has 0 aliphatic heterocycles. The van der Waals surface area contributed by atoms with Crippen molar-refractivity contribution in [2.45, 2.75) is 37.9 Å². The lowest BCUT2D eigenvalue weighted by Gasteiger charge is -2.17. The van der Waals surface area contributed by atoms with Gasteiger partial charge >= 0.3 is 12.1 Å². The van der Waals surface area contributed by atoms with Crippen LogP contribution in [0.2, 0.25) is 0 Å². The van der Waals surface area contributed by atoms with Gasteiger partial charge in [0.1, 0.15) is 5.69 Å². The smallest absolute Gasteiger partial charge is 0.417 e. The van der Waals surface area contributed by atoms with E-state index in [0.29, 0.717) is 24.2 Å². The second-order valence-electron chi connectivity index (χ2n) is 7.87. The highest BCUT2D eigenvalue weighted by molar-refractivity contribution is 5.80. The molecule has 0 bridgehead atoms. The number of nitrogens with zero attached hydrogens (tertiary/aromatic N) is 4. The highest BCUT2D eigenvalue weighted by Gasteiger charge is 2.34. The molecule has 0 radical (unpaired) electrons. The number of benzene rings is 1. The fourth-order valence-electron chi connectivity index (χ4n) is 3.86. The zero-order valence-electron chi connectivity index (χ0n) is 17.3. The number of carbonyl (C=O) groups excluding carboxylic acids is 1. The summed E-state index contributed by atoms with van der Waals surface area (Å²) in [6, 6.07) is 8.78. The van der Waals surface area contributed by atoms with Gasteiger partial charge in [0.25, 0.3) is 0 Å². The average molecular weight is 459 g/mol. The summed E-state index contributed by atoms with van der Waals surface area (Å²) in [6.45, 7) is 0. The summed E-state index contributed by atoms with van der Waals surface area (Å²) in [5.74, 6) is -1.67. The van der Waals surface area contributed by atoms with E-state index >= 15 is 0 Å². The number of carbonyl (C=O) groups is 2. The van der Waals surface area contributed by atoms with Crippen LogP contribution in [-0.2, 0) is 22.2 Å². The minimum atomic E-state index is -4.46. The Kier molecular flexibility index (Phi) is 6.12. The van der Waals surface area contributed by atoms with E-state index in [1.54, 1.807) is 30.5 Å². The van der Waals surface area contributed by atoms with Crippen LogP contribution in [0, 0.1) is 5.92 Å². The molecular formula is C22H20F3N5O3. The first-order valence-electron chi connectivity index (χ1n) is 10.3. The van der Waals surface area contributed by atoms with Crippen molar-refractivity contribution >= 4 is 11.9 Å². The molecule has 3 aromatic rings. The molecule has 1 aliphatic carbocycles. The molecule has 1 aliphatic rings. The maximum atomic E-state index is 12.7. The third-order valence-electron chi connectivity index (χ3n) is 5.59. The fraction of sp³-hybridized carbons (Fsp3) is 0.318. The van der Waals surface area contributed by atoms with E-state index in [1.807, 2.05) is 0 Å². The molecular weight excluding hydrogens is 439 g/mol. The standard InChI is InChI=1S/C22H20F3N5O3/c23-22(24,25)14-6-9-18(26-11-14)19-12-30(29-28-19)15-7-4-13(5-8-15)10-20(31)27-17-3-1-2-16(17)21(32)33/h4-9,11-12,16-17H,1-3,10H2,(H,27,31)(H,32,33)/t16-,17-/m1/s1. The Hall–Kier alpha value is -3.76. The van der Waals surface area contributed by atoms with Gasteiger partial charge in [0.15, 0.2) is 0 Å². The molecule has 2 atom stereocenters. The molecule has 0 saturated heterocycles. The van der Waals surface area contributed by atoms with E-state index in [0.717, 1.165) is 24.2 Å². The van der Waals surface area contributed by atoms with Crippen molar-refractivity contribution in [2.24, 2.45) is 5.92 Å². The van der Waals surface area contributed by atoms with Crippen molar-refractivity contribution in [1.82, 2.24) is 25.3 Å². The topological polar surface area (TPSA) is 110 Å². The average Bonchev–Trinajstić information content (AvgIpc) is 3.44. The molecule has 0 unspecified atom stereocenters. The number of amides is 1. The minimum Gasteiger partial charge on any atom is -0.481 e. The quantitative estimate of drug-likeness (QED) is 0.586. The zero-order valence-corrected chi connectivity index (χ0v) is 17.3. The lowest BCUT2D eigenvalue weighted by molar-refractivity contribution is -0.142. The van der Waals surface area contributed by atoms with Crippen molar-refractivity contribution in [1.29, 1.82) is 0 Å². The zero-order chi connectivity index (χ0) is 23.6. The van der Waals surface area contributed by atoms with Gasteiger partial charge < -0.3 is 10.4 Å². The summed E-state index contributed by atoms with van der Waals surface area (Å²) in [5.41, 5.74) is 1.12. The number of carboxylic acid groups (broad SMARTS) is 1. The predicted octanol–water partition coefficient (Wildman–Crippen LogP) is 3.26. The van der Waals surface area contributed by atoms with Gasteiger partial charge in [-0.3, -0.25) is 14.6 Å². The van der Waals surface area contributed by atoms with Crippen LogP contribution >= 0.6 is 0 Å². The van der Waals surface area contributed by atoms with Gasteiger partial charge in [0, 0.05) is 12.2 Å². The van der Waals surface area contributed by atoms with Gasteiger partial charge in [-0.05, 0) is 42.7 Å². The predicted molar refractivity (Wildman–Crippen MR) is 110 cm³/mol. The Morgan fingerprint density at radius 2 is 1.85 bits per heavy atom. The molecule has 4 rings (SSSR count). The molecule has 1 amide bonds. The summed E-state index contributed by atoms with van der Waals surface area (Å²) in [7, 11) is 0. The Morgan fingerprint density at radius 1 is 1.09 bits per heavy atom. The van der Waals surface area contributed by atoms with Crippen molar-refractivity contribution < 1.29 is 27.9 Å². The van der Waals surface area contributed by atoms with E-state index < -0.39 is 23.6 Å². The van der Waals surface area contributed by atoms with Crippen LogP contribution in [0.25, 0.3) is 17.1 Å².